The van der Waals surface area contributed by atoms with Crippen molar-refractivity contribution in [2.45, 2.75) is 51.1 Å². The van der Waals surface area contributed by atoms with E-state index in [1.54, 1.807) is 7.28 Å². The molecule has 0 saturated carbocycles. The van der Waals surface area contributed by atoms with Gasteiger partial charge in [-0.05, 0) is 80.1 Å². The van der Waals surface area contributed by atoms with Crippen LogP contribution in [0.25, 0.3) is 44.1 Å². The number of nitrogens with two attached hydrogens (primary N) is 1. The molecule has 0 atom stereocenters. The summed E-state index contributed by atoms with van der Waals surface area (Å²) in [4.78, 5) is 34.1. The Balaban J connectivity index is 0.000000160. The molecule has 257 valence electrons. The number of nitrogens with zero attached hydrogens (tertiary/aromatic N) is 6. The quantitative estimate of drug-likeness (QED) is 0.129. The predicted molar refractivity (Wildman–Crippen MR) is 208 cm³/mol. The number of pyridine rings is 4. The molecule has 2 aliphatic rings. The minimum Gasteiger partial charge on any atom is -0.328 e. The van der Waals surface area contributed by atoms with Gasteiger partial charge in [-0.3, -0.25) is 29.7 Å². The zero-order valence-electron chi connectivity index (χ0n) is 29.1. The van der Waals surface area contributed by atoms with Crippen LogP contribution in [0.2, 0.25) is 6.32 Å². The standard InChI is InChI=1S/C22H23BN3O.C20H22N4/c27-16-23-12-17-8-10-26(11-9-17)15-20-7-6-19-13-24-14-21(22(19)25-20)18-4-2-1-3-5-18;21-17-8-10-24(11-9-17)14-18-7-6-16-12-22-13-19(20(16)23-18)15-4-2-1-3-5-15/h1-7,13-14,16-17H,8-12,15H2;1-7,12-13,17H,8-11,14,21H2. The Bertz CT molecular complexity index is 2030. The van der Waals surface area contributed by atoms with Crippen LogP contribution in [0.3, 0.4) is 0 Å². The van der Waals surface area contributed by atoms with E-state index in [1.165, 1.54) is 0 Å². The Morgan fingerprint density at radius 1 is 0.627 bits per heavy atom. The molecule has 4 aromatic heterocycles. The second-order valence-corrected chi connectivity index (χ2v) is 13.8. The molecule has 0 aliphatic carbocycles. The molecule has 6 aromatic rings. The van der Waals surface area contributed by atoms with Crippen LogP contribution in [0, 0.1) is 5.92 Å². The van der Waals surface area contributed by atoms with Crippen molar-refractivity contribution in [2.24, 2.45) is 11.7 Å². The highest BCUT2D eigenvalue weighted by Gasteiger charge is 2.20. The summed E-state index contributed by atoms with van der Waals surface area (Å²) in [5, 5.41) is 2.16. The van der Waals surface area contributed by atoms with E-state index >= 15 is 0 Å². The molecule has 2 aromatic carbocycles. The highest BCUT2D eigenvalue weighted by atomic mass is 16.1. The van der Waals surface area contributed by atoms with Gasteiger partial charge >= 0.3 is 0 Å². The third kappa shape index (κ3) is 8.92. The first-order valence-corrected chi connectivity index (χ1v) is 18.2. The number of piperidine rings is 2. The van der Waals surface area contributed by atoms with Crippen molar-refractivity contribution in [2.75, 3.05) is 26.2 Å². The smallest absolute Gasteiger partial charge is 0.197 e. The monoisotopic (exact) mass is 674 g/mol. The van der Waals surface area contributed by atoms with Gasteiger partial charge in [-0.15, -0.1) is 0 Å². The maximum Gasteiger partial charge on any atom is 0.197 e. The molecule has 2 aliphatic heterocycles. The van der Waals surface area contributed by atoms with Crippen LogP contribution in [0.5, 0.6) is 0 Å². The average Bonchev–Trinajstić information content (AvgIpc) is 3.19. The molecule has 0 spiro atoms. The molecule has 2 N–H and O–H groups in total. The van der Waals surface area contributed by atoms with Gasteiger partial charge in [-0.1, -0.05) is 67.0 Å². The summed E-state index contributed by atoms with van der Waals surface area (Å²) in [6, 6.07) is 29.5. The summed E-state index contributed by atoms with van der Waals surface area (Å²) in [6.45, 7) is 6.01. The number of likely N-dealkylation sites (tertiary alicyclic amines) is 2. The molecule has 2 saturated heterocycles. The summed E-state index contributed by atoms with van der Waals surface area (Å²) in [5.74, 6) is 0.645. The van der Waals surface area contributed by atoms with Gasteiger partial charge in [0.05, 0.1) is 28.6 Å². The lowest BCUT2D eigenvalue weighted by Crippen LogP contribution is -2.39. The maximum absolute atomic E-state index is 10.5. The topological polar surface area (TPSA) is 101 Å². The summed E-state index contributed by atoms with van der Waals surface area (Å²) >= 11 is 0. The first kappa shape index (κ1) is 34.6. The van der Waals surface area contributed by atoms with E-state index in [0.717, 1.165) is 133 Å². The summed E-state index contributed by atoms with van der Waals surface area (Å²) in [6.07, 6.45) is 13.9. The maximum atomic E-state index is 10.5. The number of hydrogen-bond donors (Lipinski definition) is 1. The molecule has 1 radical (unpaired) electrons. The lowest BCUT2D eigenvalue weighted by Gasteiger charge is -2.31. The van der Waals surface area contributed by atoms with Crippen LogP contribution in [0.15, 0.2) is 110 Å². The van der Waals surface area contributed by atoms with Gasteiger partial charge in [0.1, 0.15) is 0 Å². The van der Waals surface area contributed by atoms with Gasteiger partial charge < -0.3 is 10.5 Å². The van der Waals surface area contributed by atoms with E-state index in [9.17, 15) is 4.79 Å². The zero-order chi connectivity index (χ0) is 34.8. The number of hydrogen-bond acceptors (Lipinski definition) is 8. The van der Waals surface area contributed by atoms with Crippen molar-refractivity contribution >= 4 is 35.3 Å². The minimum absolute atomic E-state index is 0.363. The Hall–Kier alpha value is -4.83. The Kier molecular flexibility index (Phi) is 11.5. The van der Waals surface area contributed by atoms with Gasteiger partial charge in [0.15, 0.2) is 7.28 Å². The first-order chi connectivity index (χ1) is 25.1. The molecular weight excluding hydrogens is 629 g/mol. The molecule has 2 fully saturated rings. The van der Waals surface area contributed by atoms with E-state index < -0.39 is 0 Å². The van der Waals surface area contributed by atoms with Crippen LogP contribution in [-0.2, 0) is 17.9 Å². The molecule has 8 rings (SSSR count). The Morgan fingerprint density at radius 2 is 1.10 bits per heavy atom. The molecule has 0 unspecified atom stereocenters. The van der Waals surface area contributed by atoms with Crippen LogP contribution in [-0.4, -0.2) is 75.4 Å². The number of carbonyl (C=O) groups is 1. The van der Waals surface area contributed by atoms with Gasteiger partial charge in [-0.25, -0.2) is 0 Å². The fourth-order valence-electron chi connectivity index (χ4n) is 7.20. The van der Waals surface area contributed by atoms with Crippen molar-refractivity contribution in [3.63, 3.8) is 0 Å². The van der Waals surface area contributed by atoms with Crippen molar-refractivity contribution in [1.29, 1.82) is 0 Å². The fourth-order valence-corrected chi connectivity index (χ4v) is 7.20. The van der Waals surface area contributed by atoms with Crippen molar-refractivity contribution in [3.05, 3.63) is 121 Å². The molecule has 0 bridgehead atoms. The molecule has 6 heterocycles. The third-order valence-corrected chi connectivity index (χ3v) is 10.2. The van der Waals surface area contributed by atoms with Crippen LogP contribution >= 0.6 is 0 Å². The van der Waals surface area contributed by atoms with E-state index in [1.807, 2.05) is 49.1 Å². The van der Waals surface area contributed by atoms with E-state index in [2.05, 4.69) is 80.4 Å². The third-order valence-electron chi connectivity index (χ3n) is 10.2. The lowest BCUT2D eigenvalue weighted by molar-refractivity contribution is 0.183. The van der Waals surface area contributed by atoms with Gasteiger partial charge in [-0.2, -0.15) is 0 Å². The highest BCUT2D eigenvalue weighted by molar-refractivity contribution is 6.66. The second kappa shape index (κ2) is 16.9. The SMILES string of the molecule is NC1CCN(Cc2ccc3cncc(-c4ccccc4)c3n2)CC1.O=C[B]CC1CCN(Cc2ccc3cncc(-c4ccccc4)c3n2)CC1. The molecule has 51 heavy (non-hydrogen) atoms. The number of carbonyl (C=O) groups excluding carboxylic acids is 1. The summed E-state index contributed by atoms with van der Waals surface area (Å²) in [7, 11) is 1.75. The van der Waals surface area contributed by atoms with Gasteiger partial charge in [0.25, 0.3) is 0 Å². The van der Waals surface area contributed by atoms with E-state index in [-0.39, 0.29) is 0 Å². The largest absolute Gasteiger partial charge is 0.328 e. The normalized spacial score (nSPS) is 16.1. The van der Waals surface area contributed by atoms with Crippen molar-refractivity contribution in [1.82, 2.24) is 29.7 Å². The number of aromatic nitrogens is 4. The molecule has 0 amide bonds. The van der Waals surface area contributed by atoms with E-state index in [4.69, 9.17) is 15.7 Å². The lowest BCUT2D eigenvalue weighted by atomic mass is 9.69. The number of benzene rings is 2. The molecule has 8 nitrogen and oxygen atoms in total. The summed E-state index contributed by atoms with van der Waals surface area (Å²) in [5.41, 5.74) is 14.7. The molecular formula is C42H45BN7O. The highest BCUT2D eigenvalue weighted by Crippen LogP contribution is 2.28. The van der Waals surface area contributed by atoms with Gasteiger partial charge in [0.2, 0.25) is 0 Å². The molecule has 9 heteroatoms. The first-order valence-electron chi connectivity index (χ1n) is 18.2. The summed E-state index contributed by atoms with van der Waals surface area (Å²) < 4.78 is 0. The van der Waals surface area contributed by atoms with Gasteiger partial charge in [0, 0.05) is 78.9 Å². The second-order valence-electron chi connectivity index (χ2n) is 13.8. The van der Waals surface area contributed by atoms with Crippen molar-refractivity contribution < 1.29 is 4.79 Å². The average molecular weight is 675 g/mol. The van der Waals surface area contributed by atoms with Crippen molar-refractivity contribution in [3.8, 4) is 22.3 Å². The number of fused-ring (bicyclic) bond motifs is 2. The fraction of sp³-hybridized carbons (Fsp3) is 0.310. The van der Waals surface area contributed by atoms with Crippen LogP contribution < -0.4 is 5.73 Å². The Labute approximate surface area is 301 Å². The Morgan fingerprint density at radius 3 is 1.57 bits per heavy atom. The predicted octanol–water partition coefficient (Wildman–Crippen LogP) is 7.04. The van der Waals surface area contributed by atoms with Crippen LogP contribution in [0.1, 0.15) is 37.1 Å². The minimum atomic E-state index is 0.363. The van der Waals surface area contributed by atoms with E-state index in [0.29, 0.717) is 12.0 Å². The van der Waals surface area contributed by atoms with Crippen LogP contribution in [0.4, 0.5) is 0 Å². The zero-order valence-corrected chi connectivity index (χ0v) is 29.1. The number of rotatable bonds is 9.